The lowest BCUT2D eigenvalue weighted by molar-refractivity contribution is -0.142. The van der Waals surface area contributed by atoms with Gasteiger partial charge in [0.2, 0.25) is 0 Å². The van der Waals surface area contributed by atoms with Crippen molar-refractivity contribution in [1.82, 2.24) is 0 Å². The van der Waals surface area contributed by atoms with Gasteiger partial charge in [-0.05, 0) is 36.5 Å². The summed E-state index contributed by atoms with van der Waals surface area (Å²) < 4.78 is 25.9. The lowest BCUT2D eigenvalue weighted by atomic mass is 9.91. The smallest absolute Gasteiger partial charge is 0.306 e. The van der Waals surface area contributed by atoms with E-state index in [0.29, 0.717) is 12.0 Å². The van der Waals surface area contributed by atoms with E-state index in [1.807, 2.05) is 13.8 Å². The predicted octanol–water partition coefficient (Wildman–Crippen LogP) is 3.25. The number of carbonyl (C=O) groups is 1. The van der Waals surface area contributed by atoms with E-state index in [4.69, 9.17) is 5.11 Å². The van der Waals surface area contributed by atoms with Gasteiger partial charge in [-0.1, -0.05) is 13.8 Å². The first-order valence-corrected chi connectivity index (χ1v) is 5.56. The van der Waals surface area contributed by atoms with E-state index in [1.165, 1.54) is 12.1 Å². The minimum absolute atomic E-state index is 0.155. The van der Waals surface area contributed by atoms with Crippen LogP contribution in [-0.4, -0.2) is 11.1 Å². The van der Waals surface area contributed by atoms with Gasteiger partial charge in [-0.3, -0.25) is 4.79 Å². The fourth-order valence-electron chi connectivity index (χ4n) is 1.85. The summed E-state index contributed by atoms with van der Waals surface area (Å²) in [6, 6.07) is 3.14. The van der Waals surface area contributed by atoms with Crippen LogP contribution in [0.2, 0.25) is 0 Å². The first-order valence-electron chi connectivity index (χ1n) is 5.56. The summed E-state index contributed by atoms with van der Waals surface area (Å²) in [6.07, 6.45) is 0.648. The Kier molecular flexibility index (Phi) is 4.61. The highest BCUT2D eigenvalue weighted by Crippen LogP contribution is 2.19. The molecule has 0 amide bonds. The topological polar surface area (TPSA) is 37.3 Å². The average molecular weight is 242 g/mol. The van der Waals surface area contributed by atoms with Crippen LogP contribution in [-0.2, 0) is 11.2 Å². The average Bonchev–Trinajstić information content (AvgIpc) is 2.13. The molecule has 0 spiro atoms. The van der Waals surface area contributed by atoms with E-state index in [9.17, 15) is 13.6 Å². The number of rotatable bonds is 5. The molecule has 0 aliphatic rings. The van der Waals surface area contributed by atoms with Crippen LogP contribution in [0.5, 0.6) is 0 Å². The SMILES string of the molecule is CC(C)CC(Cc1cc(F)cc(F)c1)C(=O)O. The first kappa shape index (κ1) is 13.6. The third kappa shape index (κ3) is 4.51. The van der Waals surface area contributed by atoms with Crippen molar-refractivity contribution in [2.75, 3.05) is 0 Å². The Hall–Kier alpha value is -1.45. The van der Waals surface area contributed by atoms with Crippen molar-refractivity contribution >= 4 is 5.97 Å². The van der Waals surface area contributed by atoms with Gasteiger partial charge in [0, 0.05) is 6.07 Å². The van der Waals surface area contributed by atoms with Gasteiger partial charge < -0.3 is 5.11 Å². The fraction of sp³-hybridized carbons (Fsp3) is 0.462. The first-order chi connectivity index (χ1) is 7.88. The summed E-state index contributed by atoms with van der Waals surface area (Å²) in [5.74, 6) is -2.64. The van der Waals surface area contributed by atoms with Gasteiger partial charge in [0.1, 0.15) is 11.6 Å². The Balaban J connectivity index is 2.82. The Labute approximate surface area is 99.3 Å². The highest BCUT2D eigenvalue weighted by Gasteiger charge is 2.19. The second-order valence-electron chi connectivity index (χ2n) is 4.65. The Bertz CT molecular complexity index is 382. The zero-order valence-corrected chi connectivity index (χ0v) is 9.91. The summed E-state index contributed by atoms with van der Waals surface area (Å²) in [5.41, 5.74) is 0.385. The number of carboxylic acids is 1. The summed E-state index contributed by atoms with van der Waals surface area (Å²) >= 11 is 0. The highest BCUT2D eigenvalue weighted by atomic mass is 19.1. The normalized spacial score (nSPS) is 12.8. The van der Waals surface area contributed by atoms with Gasteiger partial charge >= 0.3 is 5.97 Å². The molecule has 2 nitrogen and oxygen atoms in total. The summed E-state index contributed by atoms with van der Waals surface area (Å²) in [6.45, 7) is 3.84. The monoisotopic (exact) mass is 242 g/mol. The van der Waals surface area contributed by atoms with E-state index in [-0.39, 0.29) is 12.3 Å². The fourth-order valence-corrected chi connectivity index (χ4v) is 1.85. The molecule has 1 aromatic carbocycles. The van der Waals surface area contributed by atoms with Crippen molar-refractivity contribution in [2.45, 2.75) is 26.7 Å². The van der Waals surface area contributed by atoms with Gasteiger partial charge in [0.15, 0.2) is 0 Å². The van der Waals surface area contributed by atoms with Crippen LogP contribution in [0.4, 0.5) is 8.78 Å². The zero-order chi connectivity index (χ0) is 13.0. The summed E-state index contributed by atoms with van der Waals surface area (Å²) in [7, 11) is 0. The largest absolute Gasteiger partial charge is 0.481 e. The minimum atomic E-state index is -0.927. The van der Waals surface area contributed by atoms with Crippen molar-refractivity contribution in [3.05, 3.63) is 35.4 Å². The summed E-state index contributed by atoms with van der Waals surface area (Å²) in [4.78, 5) is 11.0. The Morgan fingerprint density at radius 1 is 1.24 bits per heavy atom. The van der Waals surface area contributed by atoms with Crippen molar-refractivity contribution in [1.29, 1.82) is 0 Å². The number of carboxylic acid groups (broad SMARTS) is 1. The predicted molar refractivity (Wildman–Crippen MR) is 60.6 cm³/mol. The molecule has 1 unspecified atom stereocenters. The van der Waals surface area contributed by atoms with Crippen LogP contribution in [0.1, 0.15) is 25.8 Å². The standard InChI is InChI=1S/C13H16F2O2/c1-8(2)3-10(13(16)17)4-9-5-11(14)7-12(15)6-9/h5-8,10H,3-4H2,1-2H3,(H,16,17). The molecule has 0 saturated heterocycles. The Morgan fingerprint density at radius 2 is 1.76 bits per heavy atom. The molecule has 0 fully saturated rings. The maximum atomic E-state index is 13.0. The number of hydrogen-bond donors (Lipinski definition) is 1. The molecule has 0 saturated carbocycles. The lowest BCUT2D eigenvalue weighted by Crippen LogP contribution is -2.18. The van der Waals surface area contributed by atoms with Gasteiger partial charge in [-0.25, -0.2) is 8.78 Å². The van der Waals surface area contributed by atoms with E-state index >= 15 is 0 Å². The second-order valence-corrected chi connectivity index (χ2v) is 4.65. The molecule has 17 heavy (non-hydrogen) atoms. The molecule has 1 N–H and O–H groups in total. The Morgan fingerprint density at radius 3 is 2.18 bits per heavy atom. The molecule has 0 aliphatic carbocycles. The molecule has 0 radical (unpaired) electrons. The van der Waals surface area contributed by atoms with Crippen LogP contribution in [0.3, 0.4) is 0 Å². The number of aliphatic carboxylic acids is 1. The lowest BCUT2D eigenvalue weighted by Gasteiger charge is -2.14. The molecule has 1 aromatic rings. The molecule has 0 heterocycles. The van der Waals surface area contributed by atoms with Gasteiger partial charge in [-0.2, -0.15) is 0 Å². The van der Waals surface area contributed by atoms with Crippen LogP contribution in [0.25, 0.3) is 0 Å². The van der Waals surface area contributed by atoms with Crippen LogP contribution in [0.15, 0.2) is 18.2 Å². The van der Waals surface area contributed by atoms with Crippen molar-refractivity contribution in [2.24, 2.45) is 11.8 Å². The summed E-state index contributed by atoms with van der Waals surface area (Å²) in [5, 5.41) is 9.03. The van der Waals surface area contributed by atoms with E-state index in [1.54, 1.807) is 0 Å². The van der Waals surface area contributed by atoms with Gasteiger partial charge in [-0.15, -0.1) is 0 Å². The number of halogens is 2. The quantitative estimate of drug-likeness (QED) is 0.860. The van der Waals surface area contributed by atoms with Crippen molar-refractivity contribution in [3.63, 3.8) is 0 Å². The zero-order valence-electron chi connectivity index (χ0n) is 9.91. The number of benzene rings is 1. The van der Waals surface area contributed by atoms with Crippen molar-refractivity contribution < 1.29 is 18.7 Å². The van der Waals surface area contributed by atoms with E-state index < -0.39 is 23.5 Å². The number of hydrogen-bond acceptors (Lipinski definition) is 1. The molecule has 4 heteroatoms. The molecule has 0 bridgehead atoms. The molecule has 94 valence electrons. The van der Waals surface area contributed by atoms with Crippen LogP contribution >= 0.6 is 0 Å². The molecule has 0 aromatic heterocycles. The maximum Gasteiger partial charge on any atom is 0.306 e. The minimum Gasteiger partial charge on any atom is -0.481 e. The maximum absolute atomic E-state index is 13.0. The third-order valence-electron chi connectivity index (χ3n) is 2.51. The molecular formula is C13H16F2O2. The second kappa shape index (κ2) is 5.75. The van der Waals surface area contributed by atoms with Crippen molar-refractivity contribution in [3.8, 4) is 0 Å². The van der Waals surface area contributed by atoms with Crippen LogP contribution in [0, 0.1) is 23.5 Å². The highest BCUT2D eigenvalue weighted by molar-refractivity contribution is 5.70. The van der Waals surface area contributed by atoms with Crippen LogP contribution < -0.4 is 0 Å². The third-order valence-corrected chi connectivity index (χ3v) is 2.51. The van der Waals surface area contributed by atoms with Gasteiger partial charge in [0.05, 0.1) is 5.92 Å². The molecular weight excluding hydrogens is 226 g/mol. The molecule has 0 aliphatic heterocycles. The molecule has 1 rings (SSSR count). The van der Waals surface area contributed by atoms with Gasteiger partial charge in [0.25, 0.3) is 0 Å². The van der Waals surface area contributed by atoms with E-state index in [2.05, 4.69) is 0 Å². The van der Waals surface area contributed by atoms with E-state index in [0.717, 1.165) is 6.07 Å². The molecule has 1 atom stereocenters.